The predicted molar refractivity (Wildman–Crippen MR) is 142 cm³/mol. The number of morpholine rings is 1. The van der Waals surface area contributed by atoms with Crippen LogP contribution in [0.1, 0.15) is 5.69 Å². The summed E-state index contributed by atoms with van der Waals surface area (Å²) in [5.41, 5.74) is 3.46. The van der Waals surface area contributed by atoms with Crippen LogP contribution in [0.5, 0.6) is 5.75 Å². The summed E-state index contributed by atoms with van der Waals surface area (Å²) in [6, 6.07) is 9.34. The number of nitrogens with one attached hydrogen (secondary N) is 2. The van der Waals surface area contributed by atoms with Crippen LogP contribution < -0.4 is 14.9 Å². The van der Waals surface area contributed by atoms with Crippen molar-refractivity contribution in [2.75, 3.05) is 44.8 Å². The zero-order chi connectivity index (χ0) is 28.3. The molecule has 11 nitrogen and oxygen atoms in total. The number of fused-ring (bicyclic) bond motifs is 1. The Labute approximate surface area is 228 Å². The first kappa shape index (κ1) is 27.6. The number of aromatic nitrogens is 3. The van der Waals surface area contributed by atoms with Gasteiger partial charge in [-0.1, -0.05) is 12.1 Å². The second-order valence-electron chi connectivity index (χ2n) is 9.03. The minimum absolute atomic E-state index is 0.0396. The van der Waals surface area contributed by atoms with Gasteiger partial charge >= 0.3 is 6.09 Å². The zero-order valence-corrected chi connectivity index (χ0v) is 22.2. The van der Waals surface area contributed by atoms with Crippen molar-refractivity contribution in [3.8, 4) is 17.1 Å². The van der Waals surface area contributed by atoms with Gasteiger partial charge in [0.2, 0.25) is 10.0 Å². The maximum absolute atomic E-state index is 14.1. The van der Waals surface area contributed by atoms with E-state index in [1.54, 1.807) is 13.0 Å². The number of sulfonamides is 1. The Morgan fingerprint density at radius 3 is 2.65 bits per heavy atom. The number of ether oxygens (including phenoxy) is 2. The van der Waals surface area contributed by atoms with E-state index in [0.717, 1.165) is 16.8 Å². The molecule has 1 aliphatic rings. The van der Waals surface area contributed by atoms with Crippen LogP contribution in [-0.4, -0.2) is 73.4 Å². The van der Waals surface area contributed by atoms with Crippen molar-refractivity contribution in [1.29, 1.82) is 0 Å². The molecule has 1 fully saturated rings. The average molecular weight is 573 g/mol. The Bertz CT molecular complexity index is 1660. The molecule has 1 aliphatic heterocycles. The number of hydrogen-bond donors (Lipinski definition) is 2. The summed E-state index contributed by atoms with van der Waals surface area (Å²) in [6.07, 6.45) is 1.49. The number of halogens is 2. The fraction of sp³-hybridized carbons (Fsp3) is 0.269. The van der Waals surface area contributed by atoms with Gasteiger partial charge in [0, 0.05) is 43.3 Å². The molecule has 0 saturated carbocycles. The topological polar surface area (TPSA) is 128 Å². The van der Waals surface area contributed by atoms with E-state index in [2.05, 4.69) is 25.0 Å². The van der Waals surface area contributed by atoms with Crippen LogP contribution in [-0.2, 0) is 14.8 Å². The van der Waals surface area contributed by atoms with Crippen LogP contribution in [0.4, 0.5) is 13.6 Å². The van der Waals surface area contributed by atoms with Crippen LogP contribution >= 0.6 is 0 Å². The van der Waals surface area contributed by atoms with Gasteiger partial charge in [-0.15, -0.1) is 0 Å². The summed E-state index contributed by atoms with van der Waals surface area (Å²) in [4.78, 5) is 23.0. The molecule has 2 aromatic heterocycles. The molecule has 0 bridgehead atoms. The maximum atomic E-state index is 14.1. The van der Waals surface area contributed by atoms with Crippen LogP contribution in [0.15, 0.2) is 59.8 Å². The molecule has 0 spiro atoms. The standard InChI is InChI=1S/C26H26F2N6O5S/c1-17-23(15-29-25(31-17)18-3-2-4-19(27)13-18)39-26(35)32-34-16-24(21-14-20(28)5-6-22(21)34)40(36,37)30-7-8-33-9-11-38-12-10-33/h2-6,13-16,30H,7-12H2,1H3,(H,32,35). The first-order valence-corrected chi connectivity index (χ1v) is 13.9. The van der Waals surface area contributed by atoms with E-state index in [-0.39, 0.29) is 33.9 Å². The normalized spacial score (nSPS) is 14.4. The number of benzene rings is 2. The molecule has 5 rings (SSSR count). The number of aryl methyl sites for hydroxylation is 1. The lowest BCUT2D eigenvalue weighted by Gasteiger charge is -2.26. The van der Waals surface area contributed by atoms with E-state index in [9.17, 15) is 22.0 Å². The van der Waals surface area contributed by atoms with Crippen LogP contribution in [0, 0.1) is 18.6 Å². The summed E-state index contributed by atoms with van der Waals surface area (Å²) >= 11 is 0. The van der Waals surface area contributed by atoms with Gasteiger partial charge in [-0.25, -0.2) is 42.1 Å². The fourth-order valence-electron chi connectivity index (χ4n) is 4.26. The molecule has 40 heavy (non-hydrogen) atoms. The second kappa shape index (κ2) is 11.6. The van der Waals surface area contributed by atoms with Gasteiger partial charge in [0.15, 0.2) is 11.6 Å². The number of carbonyl (C=O) groups is 1. The van der Waals surface area contributed by atoms with Crippen LogP contribution in [0.3, 0.4) is 0 Å². The molecular weight excluding hydrogens is 546 g/mol. The Balaban J connectivity index is 1.32. The summed E-state index contributed by atoms with van der Waals surface area (Å²) in [7, 11) is -4.05. The molecule has 4 aromatic rings. The molecule has 1 amide bonds. The Hall–Kier alpha value is -3.98. The summed E-state index contributed by atoms with van der Waals surface area (Å²) in [5.74, 6) is -0.785. The van der Waals surface area contributed by atoms with E-state index in [0.29, 0.717) is 44.1 Å². The quantitative estimate of drug-likeness (QED) is 0.330. The minimum Gasteiger partial charge on any atom is -0.406 e. The number of amides is 1. The number of rotatable bonds is 8. The van der Waals surface area contributed by atoms with Gasteiger partial charge in [0.25, 0.3) is 0 Å². The van der Waals surface area contributed by atoms with Crippen molar-refractivity contribution in [2.45, 2.75) is 11.8 Å². The highest BCUT2D eigenvalue weighted by Crippen LogP contribution is 2.26. The summed E-state index contributed by atoms with van der Waals surface area (Å²) < 4.78 is 68.2. The number of carbonyl (C=O) groups excluding carboxylic acids is 1. The maximum Gasteiger partial charge on any atom is 0.432 e. The highest BCUT2D eigenvalue weighted by atomic mass is 32.2. The molecule has 0 unspecified atom stereocenters. The third kappa shape index (κ3) is 6.25. The van der Waals surface area contributed by atoms with E-state index in [1.165, 1.54) is 36.7 Å². The number of hydrogen-bond acceptors (Lipinski definition) is 8. The predicted octanol–water partition coefficient (Wildman–Crippen LogP) is 3.04. The van der Waals surface area contributed by atoms with Gasteiger partial charge in [0.1, 0.15) is 16.5 Å². The van der Waals surface area contributed by atoms with Gasteiger partial charge < -0.3 is 9.47 Å². The Kier molecular flexibility index (Phi) is 8.02. The third-order valence-electron chi connectivity index (χ3n) is 6.27. The Morgan fingerprint density at radius 2 is 1.90 bits per heavy atom. The first-order chi connectivity index (χ1) is 19.2. The fourth-order valence-corrected chi connectivity index (χ4v) is 5.48. The van der Waals surface area contributed by atoms with E-state index in [4.69, 9.17) is 9.47 Å². The largest absolute Gasteiger partial charge is 0.432 e. The van der Waals surface area contributed by atoms with E-state index >= 15 is 0 Å². The first-order valence-electron chi connectivity index (χ1n) is 12.4. The molecule has 3 heterocycles. The van der Waals surface area contributed by atoms with Crippen molar-refractivity contribution in [3.63, 3.8) is 0 Å². The van der Waals surface area contributed by atoms with Gasteiger partial charge in [-0.3, -0.25) is 9.58 Å². The van der Waals surface area contributed by atoms with Crippen molar-refractivity contribution >= 4 is 27.0 Å². The molecule has 2 N–H and O–H groups in total. The lowest BCUT2D eigenvalue weighted by Crippen LogP contribution is -2.41. The number of nitrogens with zero attached hydrogens (tertiary/aromatic N) is 4. The van der Waals surface area contributed by atoms with Crippen LogP contribution in [0.2, 0.25) is 0 Å². The van der Waals surface area contributed by atoms with Crippen molar-refractivity contribution in [2.24, 2.45) is 0 Å². The van der Waals surface area contributed by atoms with Gasteiger partial charge in [0.05, 0.1) is 30.6 Å². The smallest absolute Gasteiger partial charge is 0.406 e. The highest BCUT2D eigenvalue weighted by Gasteiger charge is 2.23. The van der Waals surface area contributed by atoms with Gasteiger partial charge in [-0.05, 0) is 37.3 Å². The SMILES string of the molecule is Cc1nc(-c2cccc(F)c2)ncc1OC(=O)Nn1cc(S(=O)(=O)NCCN2CCOCC2)c2cc(F)ccc21. The molecule has 0 radical (unpaired) electrons. The summed E-state index contributed by atoms with van der Waals surface area (Å²) in [6.45, 7) is 4.80. The molecule has 2 aromatic carbocycles. The van der Waals surface area contributed by atoms with Gasteiger partial charge in [-0.2, -0.15) is 0 Å². The van der Waals surface area contributed by atoms with Crippen molar-refractivity contribution in [1.82, 2.24) is 24.3 Å². The van der Waals surface area contributed by atoms with E-state index in [1.807, 2.05) is 0 Å². The van der Waals surface area contributed by atoms with Crippen molar-refractivity contribution < 1.29 is 31.5 Å². The average Bonchev–Trinajstić information content (AvgIpc) is 3.28. The molecule has 14 heteroatoms. The molecule has 1 saturated heterocycles. The monoisotopic (exact) mass is 572 g/mol. The molecule has 0 aliphatic carbocycles. The molecule has 210 valence electrons. The Morgan fingerprint density at radius 1 is 1.12 bits per heavy atom. The van der Waals surface area contributed by atoms with Crippen LogP contribution in [0.25, 0.3) is 22.3 Å². The lowest BCUT2D eigenvalue weighted by molar-refractivity contribution is 0.0390. The third-order valence-corrected chi connectivity index (χ3v) is 7.76. The van der Waals surface area contributed by atoms with Crippen molar-refractivity contribution in [3.05, 3.63) is 72.2 Å². The highest BCUT2D eigenvalue weighted by molar-refractivity contribution is 7.89. The molecule has 0 atom stereocenters. The lowest BCUT2D eigenvalue weighted by atomic mass is 10.2. The minimum atomic E-state index is -4.05. The zero-order valence-electron chi connectivity index (χ0n) is 21.4. The summed E-state index contributed by atoms with van der Waals surface area (Å²) in [5, 5.41) is 0.0816. The second-order valence-corrected chi connectivity index (χ2v) is 10.8. The molecular formula is C26H26F2N6O5S. The van der Waals surface area contributed by atoms with E-state index < -0.39 is 27.8 Å².